The molecule has 0 bridgehead atoms. The minimum absolute atomic E-state index is 0.0579. The number of hydrogen-bond acceptors (Lipinski definition) is 6. The molecule has 0 spiro atoms. The van der Waals surface area contributed by atoms with Crippen LogP contribution in [0.4, 0.5) is 22.0 Å². The molecule has 0 unspecified atom stereocenters. The highest BCUT2D eigenvalue weighted by Crippen LogP contribution is 2.23. The molecule has 0 aliphatic heterocycles. The Balaban J connectivity index is 1.81. The second-order valence-electron chi connectivity index (χ2n) is 5.80. The van der Waals surface area contributed by atoms with Crippen LogP contribution in [0.2, 0.25) is 5.02 Å². The van der Waals surface area contributed by atoms with Gasteiger partial charge in [-0.15, -0.1) is 0 Å². The van der Waals surface area contributed by atoms with Crippen LogP contribution in [0.5, 0.6) is 0 Å². The third kappa shape index (κ3) is 3.39. The molecule has 2 aromatic heterocycles. The number of aromatic nitrogens is 5. The van der Waals surface area contributed by atoms with E-state index in [4.69, 9.17) is 17.3 Å². The van der Waals surface area contributed by atoms with Crippen LogP contribution in [0, 0.1) is 5.82 Å². The molecular formula is C18H15ClFN7. The van der Waals surface area contributed by atoms with Gasteiger partial charge in [-0.2, -0.15) is 15.0 Å². The molecule has 0 radical (unpaired) electrons. The molecule has 2 heterocycles. The first-order valence-electron chi connectivity index (χ1n) is 8.25. The van der Waals surface area contributed by atoms with Gasteiger partial charge in [-0.25, -0.2) is 9.37 Å². The maximum absolute atomic E-state index is 13.6. The topological polar surface area (TPSA) is 94.5 Å². The fourth-order valence-corrected chi connectivity index (χ4v) is 2.89. The molecule has 9 heteroatoms. The second-order valence-corrected chi connectivity index (χ2v) is 6.24. The van der Waals surface area contributed by atoms with Gasteiger partial charge < -0.3 is 11.1 Å². The highest BCUT2D eigenvalue weighted by atomic mass is 35.5. The van der Waals surface area contributed by atoms with Crippen LogP contribution in [0.15, 0.2) is 42.5 Å². The number of nitrogens with one attached hydrogen (secondary N) is 1. The fraction of sp³-hybridized carbons (Fsp3) is 0.111. The van der Waals surface area contributed by atoms with Crippen LogP contribution >= 0.6 is 11.6 Å². The average Bonchev–Trinajstić information content (AvgIpc) is 3.00. The molecule has 0 amide bonds. The zero-order valence-electron chi connectivity index (χ0n) is 14.3. The average molecular weight is 384 g/mol. The molecule has 0 fully saturated rings. The van der Waals surface area contributed by atoms with E-state index in [1.807, 2.05) is 6.92 Å². The summed E-state index contributed by atoms with van der Waals surface area (Å²) in [5.74, 6) is 0.993. The van der Waals surface area contributed by atoms with Gasteiger partial charge in [0, 0.05) is 23.2 Å². The summed E-state index contributed by atoms with van der Waals surface area (Å²) in [5, 5.41) is 3.70. The van der Waals surface area contributed by atoms with Crippen LogP contribution in [-0.4, -0.2) is 24.5 Å². The van der Waals surface area contributed by atoms with Gasteiger partial charge in [0.2, 0.25) is 17.8 Å². The molecule has 0 aliphatic rings. The lowest BCUT2D eigenvalue weighted by Gasteiger charge is -2.10. The summed E-state index contributed by atoms with van der Waals surface area (Å²) >= 11 is 5.91. The summed E-state index contributed by atoms with van der Waals surface area (Å²) < 4.78 is 15.3. The number of aryl methyl sites for hydroxylation is 1. The molecule has 0 saturated heterocycles. The van der Waals surface area contributed by atoms with E-state index in [1.54, 1.807) is 34.9 Å². The third-order valence-corrected chi connectivity index (χ3v) is 4.20. The summed E-state index contributed by atoms with van der Waals surface area (Å²) in [4.78, 5) is 17.3. The lowest BCUT2D eigenvalue weighted by Crippen LogP contribution is -2.11. The predicted molar refractivity (Wildman–Crippen MR) is 103 cm³/mol. The number of imidazole rings is 1. The van der Waals surface area contributed by atoms with Crippen molar-refractivity contribution in [2.45, 2.75) is 13.3 Å². The zero-order chi connectivity index (χ0) is 19.0. The van der Waals surface area contributed by atoms with Gasteiger partial charge in [0.1, 0.15) is 11.6 Å². The van der Waals surface area contributed by atoms with Crippen LogP contribution in [-0.2, 0) is 6.42 Å². The van der Waals surface area contributed by atoms with E-state index in [1.165, 1.54) is 12.1 Å². The Labute approximate surface area is 159 Å². The van der Waals surface area contributed by atoms with Crippen LogP contribution in [0.3, 0.4) is 0 Å². The minimum atomic E-state index is -0.352. The van der Waals surface area contributed by atoms with Crippen molar-refractivity contribution in [1.29, 1.82) is 0 Å². The Hall–Kier alpha value is -3.26. The van der Waals surface area contributed by atoms with Gasteiger partial charge in [0.05, 0.1) is 11.0 Å². The van der Waals surface area contributed by atoms with E-state index in [0.717, 1.165) is 5.69 Å². The third-order valence-electron chi connectivity index (χ3n) is 3.94. The molecule has 136 valence electrons. The van der Waals surface area contributed by atoms with Crippen LogP contribution in [0.1, 0.15) is 12.7 Å². The Bertz CT molecular complexity index is 1120. The quantitative estimate of drug-likeness (QED) is 0.555. The van der Waals surface area contributed by atoms with Crippen molar-refractivity contribution in [3.63, 3.8) is 0 Å². The van der Waals surface area contributed by atoms with Crippen molar-refractivity contribution < 1.29 is 4.39 Å². The van der Waals surface area contributed by atoms with Crippen molar-refractivity contribution >= 4 is 40.2 Å². The van der Waals surface area contributed by atoms with E-state index < -0.39 is 0 Å². The molecule has 27 heavy (non-hydrogen) atoms. The first kappa shape index (κ1) is 17.2. The van der Waals surface area contributed by atoms with E-state index in [9.17, 15) is 4.39 Å². The normalized spacial score (nSPS) is 11.1. The van der Waals surface area contributed by atoms with Crippen LogP contribution in [0.25, 0.3) is 17.0 Å². The first-order valence-corrected chi connectivity index (χ1v) is 8.62. The number of nitrogens with two attached hydrogens (primary N) is 1. The molecule has 4 rings (SSSR count). The molecule has 0 atom stereocenters. The van der Waals surface area contributed by atoms with Gasteiger partial charge in [0.25, 0.3) is 0 Å². The number of nitrogens with zero attached hydrogens (tertiary/aromatic N) is 5. The summed E-state index contributed by atoms with van der Waals surface area (Å²) in [5.41, 5.74) is 7.86. The molecule has 4 aromatic rings. The minimum Gasteiger partial charge on any atom is -0.368 e. The number of hydrogen-bond donors (Lipinski definition) is 2. The fourth-order valence-electron chi connectivity index (χ4n) is 2.76. The molecule has 3 N–H and O–H groups in total. The highest BCUT2D eigenvalue weighted by molar-refractivity contribution is 6.30. The number of rotatable bonds is 4. The number of fused-ring (bicyclic) bond motifs is 1. The number of benzene rings is 2. The van der Waals surface area contributed by atoms with Crippen molar-refractivity contribution in [2.24, 2.45) is 0 Å². The van der Waals surface area contributed by atoms with Gasteiger partial charge in [-0.1, -0.05) is 18.5 Å². The van der Waals surface area contributed by atoms with Crippen LogP contribution < -0.4 is 11.1 Å². The Morgan fingerprint density at radius 2 is 1.85 bits per heavy atom. The van der Waals surface area contributed by atoms with Crippen molar-refractivity contribution in [3.8, 4) is 5.95 Å². The number of anilines is 3. The Kier molecular flexibility index (Phi) is 4.33. The van der Waals surface area contributed by atoms with Crippen molar-refractivity contribution in [1.82, 2.24) is 24.5 Å². The largest absolute Gasteiger partial charge is 0.368 e. The van der Waals surface area contributed by atoms with E-state index in [0.29, 0.717) is 34.2 Å². The summed E-state index contributed by atoms with van der Waals surface area (Å²) in [6, 6.07) is 11.5. The van der Waals surface area contributed by atoms with Gasteiger partial charge >= 0.3 is 0 Å². The molecule has 2 aromatic carbocycles. The van der Waals surface area contributed by atoms with E-state index >= 15 is 0 Å². The smallest absolute Gasteiger partial charge is 0.242 e. The number of nitrogen functional groups attached to an aromatic ring is 1. The van der Waals surface area contributed by atoms with Gasteiger partial charge in [-0.3, -0.25) is 4.57 Å². The standard InChI is InChI=1S/C18H15ClFN7/c1-2-15-23-13-9-11(20)5-8-14(13)27(15)18-25-16(21)24-17(26-18)22-12-6-3-10(19)4-7-12/h3-9H,2H2,1H3,(H3,21,22,24,25,26). The number of halogens is 2. The van der Waals surface area contributed by atoms with Gasteiger partial charge in [-0.05, 0) is 36.4 Å². The highest BCUT2D eigenvalue weighted by Gasteiger charge is 2.16. The van der Waals surface area contributed by atoms with E-state index in [-0.39, 0.29) is 17.7 Å². The summed E-state index contributed by atoms with van der Waals surface area (Å²) in [6.45, 7) is 1.95. The maximum atomic E-state index is 13.6. The first-order chi connectivity index (χ1) is 13.0. The predicted octanol–water partition coefficient (Wildman–Crippen LogP) is 3.89. The lowest BCUT2D eigenvalue weighted by atomic mass is 10.3. The summed E-state index contributed by atoms with van der Waals surface area (Å²) in [6.07, 6.45) is 0.613. The molecule has 0 saturated carbocycles. The lowest BCUT2D eigenvalue weighted by molar-refractivity contribution is 0.629. The Morgan fingerprint density at radius 3 is 2.59 bits per heavy atom. The summed E-state index contributed by atoms with van der Waals surface area (Å²) in [7, 11) is 0. The monoisotopic (exact) mass is 383 g/mol. The zero-order valence-corrected chi connectivity index (χ0v) is 15.1. The van der Waals surface area contributed by atoms with Gasteiger partial charge in [0.15, 0.2) is 0 Å². The van der Waals surface area contributed by atoms with Crippen molar-refractivity contribution in [3.05, 3.63) is 59.1 Å². The second kappa shape index (κ2) is 6.81. The molecule has 0 aliphatic carbocycles. The molecule has 7 nitrogen and oxygen atoms in total. The Morgan fingerprint density at radius 1 is 1.07 bits per heavy atom. The van der Waals surface area contributed by atoms with E-state index in [2.05, 4.69) is 25.3 Å². The maximum Gasteiger partial charge on any atom is 0.242 e. The SMILES string of the molecule is CCc1nc2cc(F)ccc2n1-c1nc(N)nc(Nc2ccc(Cl)cc2)n1. The van der Waals surface area contributed by atoms with Crippen molar-refractivity contribution in [2.75, 3.05) is 11.1 Å². The molecular weight excluding hydrogens is 369 g/mol.